The van der Waals surface area contributed by atoms with Crippen LogP contribution >= 0.6 is 0 Å². The Kier molecular flexibility index (Phi) is 5.45. The molecule has 162 valence electrons. The van der Waals surface area contributed by atoms with Gasteiger partial charge < -0.3 is 23.9 Å². The van der Waals surface area contributed by atoms with Crippen LogP contribution in [-0.4, -0.2) is 42.8 Å². The number of hydrogen-bond donors (Lipinski definition) is 1. The lowest BCUT2D eigenvalue weighted by molar-refractivity contribution is 0.0691. The Morgan fingerprint density at radius 3 is 2.58 bits per heavy atom. The number of aliphatic hydroxyl groups excluding tert-OH is 1. The zero-order chi connectivity index (χ0) is 22.3. The molecule has 1 aliphatic heterocycles. The van der Waals surface area contributed by atoms with Crippen molar-refractivity contribution >= 4 is 16.9 Å². The fourth-order valence-corrected chi connectivity index (χ4v) is 4.29. The van der Waals surface area contributed by atoms with E-state index in [1.807, 2.05) is 26.8 Å². The van der Waals surface area contributed by atoms with Gasteiger partial charge in [0, 0.05) is 6.54 Å². The molecule has 1 aliphatic rings. The Morgan fingerprint density at radius 2 is 1.90 bits per heavy atom. The van der Waals surface area contributed by atoms with E-state index >= 15 is 0 Å². The molecule has 2 aromatic carbocycles. The zero-order valence-corrected chi connectivity index (χ0v) is 18.0. The number of benzene rings is 2. The molecule has 2 heterocycles. The summed E-state index contributed by atoms with van der Waals surface area (Å²) < 4.78 is 17.1. The van der Waals surface area contributed by atoms with E-state index in [9.17, 15) is 14.7 Å². The number of carbonyl (C=O) groups excluding carboxylic acids is 1. The van der Waals surface area contributed by atoms with Crippen molar-refractivity contribution in [2.75, 3.05) is 26.9 Å². The number of hydrogen-bond acceptors (Lipinski definition) is 6. The molecule has 3 aromatic rings. The second-order valence-electron chi connectivity index (χ2n) is 7.60. The van der Waals surface area contributed by atoms with E-state index in [4.69, 9.17) is 13.9 Å². The van der Waals surface area contributed by atoms with E-state index in [1.54, 1.807) is 24.3 Å². The van der Waals surface area contributed by atoms with Gasteiger partial charge in [0.2, 0.25) is 5.76 Å². The third-order valence-electron chi connectivity index (χ3n) is 5.54. The van der Waals surface area contributed by atoms with Crippen LogP contribution in [-0.2, 0) is 0 Å². The van der Waals surface area contributed by atoms with E-state index < -0.39 is 11.9 Å². The molecule has 0 saturated carbocycles. The van der Waals surface area contributed by atoms with Gasteiger partial charge in [-0.2, -0.15) is 0 Å². The summed E-state index contributed by atoms with van der Waals surface area (Å²) in [5.74, 6) is 0.682. The maximum Gasteiger partial charge on any atom is 0.290 e. The van der Waals surface area contributed by atoms with E-state index in [-0.39, 0.29) is 29.9 Å². The highest BCUT2D eigenvalue weighted by Gasteiger charge is 2.42. The Hall–Kier alpha value is -3.32. The molecule has 0 unspecified atom stereocenters. The summed E-state index contributed by atoms with van der Waals surface area (Å²) in [4.78, 5) is 28.2. The van der Waals surface area contributed by atoms with Gasteiger partial charge in [0.1, 0.15) is 5.58 Å². The molecule has 0 bridgehead atoms. The van der Waals surface area contributed by atoms with Crippen LogP contribution in [0, 0.1) is 13.8 Å². The van der Waals surface area contributed by atoms with E-state index in [2.05, 4.69) is 0 Å². The Balaban J connectivity index is 1.98. The Morgan fingerprint density at radius 1 is 1.13 bits per heavy atom. The number of fused-ring (bicyclic) bond motifs is 2. The van der Waals surface area contributed by atoms with Gasteiger partial charge in [-0.3, -0.25) is 9.59 Å². The van der Waals surface area contributed by atoms with Gasteiger partial charge in [-0.1, -0.05) is 12.1 Å². The van der Waals surface area contributed by atoms with Gasteiger partial charge in [-0.05, 0) is 55.7 Å². The van der Waals surface area contributed by atoms with Gasteiger partial charge in [0.15, 0.2) is 16.9 Å². The SMILES string of the molecule is CCOc1ccc([C@H]2c3c(oc4c(C)cc(C)cc4c3=O)C(=O)N2CCO)cc1OC. The fraction of sp³-hybridized carbons (Fsp3) is 0.333. The standard InChI is InChI=1S/C24H25NO6/c1-5-30-17-7-6-15(12-18(17)29-4)20-19-21(27)16-11-13(2)10-14(3)22(16)31-23(19)24(28)25(20)8-9-26/h6-7,10-12,20,26H,5,8-9H2,1-4H3/t20-/m0/s1. The molecular weight excluding hydrogens is 398 g/mol. The summed E-state index contributed by atoms with van der Waals surface area (Å²) in [6.45, 7) is 5.95. The molecule has 0 fully saturated rings. The smallest absolute Gasteiger partial charge is 0.290 e. The largest absolute Gasteiger partial charge is 0.493 e. The fourth-order valence-electron chi connectivity index (χ4n) is 4.29. The number of ether oxygens (including phenoxy) is 2. The van der Waals surface area contributed by atoms with Crippen LogP contribution in [0.1, 0.15) is 45.8 Å². The summed E-state index contributed by atoms with van der Waals surface area (Å²) in [5, 5.41) is 10.0. The molecule has 4 rings (SSSR count). The summed E-state index contributed by atoms with van der Waals surface area (Å²) in [5.41, 5.74) is 2.86. The molecule has 31 heavy (non-hydrogen) atoms. The maximum absolute atomic E-state index is 13.6. The topological polar surface area (TPSA) is 89.2 Å². The summed E-state index contributed by atoms with van der Waals surface area (Å²) in [6.07, 6.45) is 0. The van der Waals surface area contributed by atoms with Crippen molar-refractivity contribution in [3.63, 3.8) is 0 Å². The molecule has 1 amide bonds. The molecule has 7 nitrogen and oxygen atoms in total. The number of β-amino-alcohol motifs (C(OH)–C–C–N with tert-alkyl or cyclic N) is 1. The second kappa shape index (κ2) is 8.07. The highest BCUT2D eigenvalue weighted by atomic mass is 16.5. The lowest BCUT2D eigenvalue weighted by atomic mass is 9.97. The van der Waals surface area contributed by atoms with Gasteiger partial charge in [-0.25, -0.2) is 0 Å². The minimum absolute atomic E-state index is 0.0238. The van der Waals surface area contributed by atoms with Crippen LogP contribution in [0.5, 0.6) is 11.5 Å². The first-order valence-electron chi connectivity index (χ1n) is 10.2. The minimum atomic E-state index is -0.694. The summed E-state index contributed by atoms with van der Waals surface area (Å²) in [6, 6.07) is 8.32. The van der Waals surface area contributed by atoms with E-state index in [0.717, 1.165) is 11.1 Å². The molecule has 0 saturated heterocycles. The van der Waals surface area contributed by atoms with Crippen molar-refractivity contribution in [3.8, 4) is 11.5 Å². The summed E-state index contributed by atoms with van der Waals surface area (Å²) >= 11 is 0. The molecular formula is C24H25NO6. The van der Waals surface area contributed by atoms with Gasteiger partial charge in [-0.15, -0.1) is 0 Å². The molecule has 1 atom stereocenters. The summed E-state index contributed by atoms with van der Waals surface area (Å²) in [7, 11) is 1.54. The normalized spacial score (nSPS) is 15.5. The van der Waals surface area contributed by atoms with Crippen molar-refractivity contribution in [2.24, 2.45) is 0 Å². The number of carbonyl (C=O) groups is 1. The molecule has 0 spiro atoms. The number of aliphatic hydroxyl groups is 1. The van der Waals surface area contributed by atoms with Crippen molar-refractivity contribution in [3.05, 3.63) is 68.6 Å². The van der Waals surface area contributed by atoms with Crippen molar-refractivity contribution in [1.82, 2.24) is 4.90 Å². The van der Waals surface area contributed by atoms with Crippen LogP contribution in [0.4, 0.5) is 0 Å². The number of amides is 1. The quantitative estimate of drug-likeness (QED) is 0.654. The molecule has 7 heteroatoms. The van der Waals surface area contributed by atoms with Crippen LogP contribution in [0.15, 0.2) is 39.5 Å². The van der Waals surface area contributed by atoms with Gasteiger partial charge >= 0.3 is 0 Å². The Bertz CT molecular complexity index is 1230. The van der Waals surface area contributed by atoms with Crippen molar-refractivity contribution < 1.29 is 23.8 Å². The molecule has 0 aliphatic carbocycles. The van der Waals surface area contributed by atoms with Gasteiger partial charge in [0.25, 0.3) is 5.91 Å². The predicted molar refractivity (Wildman–Crippen MR) is 116 cm³/mol. The number of methoxy groups -OCH3 is 1. The second-order valence-corrected chi connectivity index (χ2v) is 7.60. The minimum Gasteiger partial charge on any atom is -0.493 e. The first kappa shape index (κ1) is 20.9. The van der Waals surface area contributed by atoms with Crippen LogP contribution < -0.4 is 14.9 Å². The average Bonchev–Trinajstić information content (AvgIpc) is 3.02. The van der Waals surface area contributed by atoms with E-state index in [1.165, 1.54) is 12.0 Å². The van der Waals surface area contributed by atoms with Crippen molar-refractivity contribution in [1.29, 1.82) is 0 Å². The number of rotatable bonds is 6. The number of aryl methyl sites for hydroxylation is 2. The lowest BCUT2D eigenvalue weighted by Gasteiger charge is -2.25. The molecule has 1 aromatic heterocycles. The highest BCUT2D eigenvalue weighted by Crippen LogP contribution is 2.41. The first-order chi connectivity index (χ1) is 14.9. The van der Waals surface area contributed by atoms with Gasteiger partial charge in [0.05, 0.1) is 37.3 Å². The lowest BCUT2D eigenvalue weighted by Crippen LogP contribution is -2.32. The van der Waals surface area contributed by atoms with E-state index in [0.29, 0.717) is 34.6 Å². The average molecular weight is 423 g/mol. The predicted octanol–water partition coefficient (Wildman–Crippen LogP) is 3.35. The molecule has 0 radical (unpaired) electrons. The third-order valence-corrected chi connectivity index (χ3v) is 5.54. The van der Waals surface area contributed by atoms with Crippen LogP contribution in [0.25, 0.3) is 11.0 Å². The highest BCUT2D eigenvalue weighted by molar-refractivity contribution is 5.99. The first-order valence-corrected chi connectivity index (χ1v) is 10.2. The maximum atomic E-state index is 13.6. The third kappa shape index (κ3) is 3.35. The van der Waals surface area contributed by atoms with Crippen LogP contribution in [0.3, 0.4) is 0 Å². The van der Waals surface area contributed by atoms with Crippen molar-refractivity contribution in [2.45, 2.75) is 26.8 Å². The number of nitrogens with zero attached hydrogens (tertiary/aromatic N) is 1. The zero-order valence-electron chi connectivity index (χ0n) is 18.0. The monoisotopic (exact) mass is 423 g/mol. The Labute approximate surface area is 179 Å². The van der Waals surface area contributed by atoms with Crippen LogP contribution in [0.2, 0.25) is 0 Å². The molecule has 1 N–H and O–H groups in total.